The summed E-state index contributed by atoms with van der Waals surface area (Å²) in [4.78, 5) is 50.8. The van der Waals surface area contributed by atoms with Crippen molar-refractivity contribution >= 4 is 29.2 Å². The van der Waals surface area contributed by atoms with Gasteiger partial charge in [-0.1, -0.05) is 12.1 Å². The SMILES string of the molecule is CC(=O)c1cccc(N2C(=O)c3ccc(C(=O)NC[C@@H]4CCCO4)cc3C2=O)c1. The van der Waals surface area contributed by atoms with Gasteiger partial charge in [0.1, 0.15) is 0 Å². The van der Waals surface area contributed by atoms with Crippen molar-refractivity contribution in [3.8, 4) is 0 Å². The Morgan fingerprint density at radius 3 is 2.59 bits per heavy atom. The molecule has 0 unspecified atom stereocenters. The van der Waals surface area contributed by atoms with E-state index in [2.05, 4.69) is 5.32 Å². The first-order chi connectivity index (χ1) is 14.0. The molecule has 2 aromatic carbocycles. The van der Waals surface area contributed by atoms with Crippen molar-refractivity contribution in [1.29, 1.82) is 0 Å². The van der Waals surface area contributed by atoms with Gasteiger partial charge >= 0.3 is 0 Å². The van der Waals surface area contributed by atoms with Crippen molar-refractivity contribution in [2.75, 3.05) is 18.1 Å². The summed E-state index contributed by atoms with van der Waals surface area (Å²) in [5, 5.41) is 2.81. The van der Waals surface area contributed by atoms with Crippen molar-refractivity contribution in [3.05, 3.63) is 64.7 Å². The molecule has 2 heterocycles. The van der Waals surface area contributed by atoms with Crippen LogP contribution in [0.4, 0.5) is 5.69 Å². The summed E-state index contributed by atoms with van der Waals surface area (Å²) in [6.07, 6.45) is 1.91. The number of Topliss-reactive ketones (excluding diaryl/α,β-unsaturated/α-hetero) is 1. The highest BCUT2D eigenvalue weighted by Crippen LogP contribution is 2.29. The molecule has 7 nitrogen and oxygen atoms in total. The van der Waals surface area contributed by atoms with Gasteiger partial charge in [0.15, 0.2) is 5.78 Å². The number of nitrogens with zero attached hydrogens (tertiary/aromatic N) is 1. The Labute approximate surface area is 167 Å². The fourth-order valence-electron chi connectivity index (χ4n) is 3.59. The van der Waals surface area contributed by atoms with Gasteiger partial charge in [-0.3, -0.25) is 19.2 Å². The average Bonchev–Trinajstić information content (AvgIpc) is 3.33. The van der Waals surface area contributed by atoms with Crippen molar-refractivity contribution in [2.24, 2.45) is 0 Å². The van der Waals surface area contributed by atoms with E-state index in [1.165, 1.54) is 31.2 Å². The topological polar surface area (TPSA) is 92.8 Å². The Kier molecular flexibility index (Phi) is 4.98. The van der Waals surface area contributed by atoms with Crippen LogP contribution in [0.1, 0.15) is 61.2 Å². The van der Waals surface area contributed by atoms with Crippen molar-refractivity contribution < 1.29 is 23.9 Å². The van der Waals surface area contributed by atoms with Gasteiger partial charge in [0, 0.05) is 24.3 Å². The van der Waals surface area contributed by atoms with Gasteiger partial charge in [-0.15, -0.1) is 0 Å². The molecule has 0 saturated carbocycles. The van der Waals surface area contributed by atoms with Gasteiger partial charge in [0.2, 0.25) is 0 Å². The van der Waals surface area contributed by atoms with E-state index >= 15 is 0 Å². The van der Waals surface area contributed by atoms with E-state index in [1.54, 1.807) is 18.2 Å². The minimum atomic E-state index is -0.514. The van der Waals surface area contributed by atoms with Crippen LogP contribution in [0.5, 0.6) is 0 Å². The standard InChI is InChI=1S/C22H20N2O5/c1-13(25)14-4-2-5-16(10-14)24-21(27)18-8-7-15(11-19(18)22(24)28)20(26)23-12-17-6-3-9-29-17/h2,4-5,7-8,10-11,17H,3,6,9,12H2,1H3,(H,23,26)/t17-/m0/s1. The van der Waals surface area contributed by atoms with E-state index in [-0.39, 0.29) is 28.9 Å². The number of fused-ring (bicyclic) bond motifs is 1. The van der Waals surface area contributed by atoms with E-state index < -0.39 is 11.8 Å². The number of carbonyl (C=O) groups is 4. The number of amides is 3. The van der Waals surface area contributed by atoms with Gasteiger partial charge < -0.3 is 10.1 Å². The largest absolute Gasteiger partial charge is 0.376 e. The third kappa shape index (κ3) is 3.56. The molecule has 0 spiro atoms. The lowest BCUT2D eigenvalue weighted by atomic mass is 10.1. The van der Waals surface area contributed by atoms with Gasteiger partial charge in [-0.25, -0.2) is 4.90 Å². The Balaban J connectivity index is 1.57. The summed E-state index contributed by atoms with van der Waals surface area (Å²) in [5.41, 5.74) is 1.45. The number of ether oxygens (including phenoxy) is 1. The predicted octanol–water partition coefficient (Wildman–Crippen LogP) is 2.60. The molecule has 3 amide bonds. The number of imide groups is 1. The summed E-state index contributed by atoms with van der Waals surface area (Å²) in [5.74, 6) is -1.47. The second-order valence-electron chi connectivity index (χ2n) is 7.16. The van der Waals surface area contributed by atoms with Crippen LogP contribution < -0.4 is 10.2 Å². The fourth-order valence-corrected chi connectivity index (χ4v) is 3.59. The van der Waals surface area contributed by atoms with Crippen LogP contribution in [0.3, 0.4) is 0 Å². The van der Waals surface area contributed by atoms with Crippen LogP contribution in [0.15, 0.2) is 42.5 Å². The van der Waals surface area contributed by atoms with E-state index in [0.29, 0.717) is 30.0 Å². The third-order valence-electron chi connectivity index (χ3n) is 5.17. The van der Waals surface area contributed by atoms with Crippen LogP contribution in [-0.2, 0) is 4.74 Å². The molecule has 7 heteroatoms. The molecule has 1 N–H and O–H groups in total. The maximum absolute atomic E-state index is 12.9. The molecule has 0 aliphatic carbocycles. The zero-order chi connectivity index (χ0) is 20.5. The van der Waals surface area contributed by atoms with Crippen LogP contribution in [-0.4, -0.2) is 42.8 Å². The number of carbonyl (C=O) groups excluding carboxylic acids is 4. The quantitative estimate of drug-likeness (QED) is 0.624. The number of hydrogen-bond acceptors (Lipinski definition) is 5. The highest BCUT2D eigenvalue weighted by molar-refractivity contribution is 6.34. The van der Waals surface area contributed by atoms with Crippen LogP contribution >= 0.6 is 0 Å². The predicted molar refractivity (Wildman–Crippen MR) is 105 cm³/mol. The highest BCUT2D eigenvalue weighted by Gasteiger charge is 2.37. The molecule has 4 rings (SSSR count). The molecular weight excluding hydrogens is 372 g/mol. The molecule has 2 aliphatic heterocycles. The number of hydrogen-bond donors (Lipinski definition) is 1. The number of nitrogens with one attached hydrogen (secondary N) is 1. The number of benzene rings is 2. The molecule has 148 valence electrons. The molecule has 1 saturated heterocycles. The molecular formula is C22H20N2O5. The smallest absolute Gasteiger partial charge is 0.266 e. The Bertz CT molecular complexity index is 1020. The van der Waals surface area contributed by atoms with E-state index in [1.807, 2.05) is 0 Å². The molecule has 0 bridgehead atoms. The first-order valence-corrected chi connectivity index (χ1v) is 9.49. The monoisotopic (exact) mass is 392 g/mol. The third-order valence-corrected chi connectivity index (χ3v) is 5.17. The Hall–Kier alpha value is -3.32. The first-order valence-electron chi connectivity index (χ1n) is 9.49. The number of ketones is 1. The van der Waals surface area contributed by atoms with Gasteiger partial charge in [0.25, 0.3) is 17.7 Å². The molecule has 0 radical (unpaired) electrons. The van der Waals surface area contributed by atoms with Crippen molar-refractivity contribution in [2.45, 2.75) is 25.9 Å². The molecule has 2 aromatic rings. The second-order valence-corrected chi connectivity index (χ2v) is 7.16. The van der Waals surface area contributed by atoms with E-state index in [9.17, 15) is 19.2 Å². The second kappa shape index (κ2) is 7.60. The number of rotatable bonds is 5. The molecule has 29 heavy (non-hydrogen) atoms. The lowest BCUT2D eigenvalue weighted by Crippen LogP contribution is -2.31. The zero-order valence-corrected chi connectivity index (χ0v) is 15.9. The highest BCUT2D eigenvalue weighted by atomic mass is 16.5. The van der Waals surface area contributed by atoms with Crippen LogP contribution in [0, 0.1) is 0 Å². The summed E-state index contributed by atoms with van der Waals surface area (Å²) >= 11 is 0. The minimum absolute atomic E-state index is 0.0145. The molecule has 2 aliphatic rings. The molecule has 1 atom stereocenters. The van der Waals surface area contributed by atoms with Crippen molar-refractivity contribution in [1.82, 2.24) is 5.32 Å². The summed E-state index contributed by atoms with van der Waals surface area (Å²) < 4.78 is 5.49. The van der Waals surface area contributed by atoms with E-state index in [0.717, 1.165) is 17.7 Å². The minimum Gasteiger partial charge on any atom is -0.376 e. The number of anilines is 1. The summed E-state index contributed by atoms with van der Waals surface area (Å²) in [6, 6.07) is 10.8. The average molecular weight is 392 g/mol. The molecule has 0 aromatic heterocycles. The lowest BCUT2D eigenvalue weighted by Gasteiger charge is -2.14. The van der Waals surface area contributed by atoms with E-state index in [4.69, 9.17) is 4.74 Å². The van der Waals surface area contributed by atoms with Crippen LogP contribution in [0.25, 0.3) is 0 Å². The Morgan fingerprint density at radius 1 is 1.07 bits per heavy atom. The Morgan fingerprint density at radius 2 is 1.86 bits per heavy atom. The van der Waals surface area contributed by atoms with Crippen LogP contribution in [0.2, 0.25) is 0 Å². The normalized spacial score (nSPS) is 18.1. The van der Waals surface area contributed by atoms with Gasteiger partial charge in [0.05, 0.1) is 22.9 Å². The maximum atomic E-state index is 12.9. The zero-order valence-electron chi connectivity index (χ0n) is 15.9. The molecule has 1 fully saturated rings. The summed E-state index contributed by atoms with van der Waals surface area (Å²) in [7, 11) is 0. The maximum Gasteiger partial charge on any atom is 0.266 e. The van der Waals surface area contributed by atoms with Crippen molar-refractivity contribution in [3.63, 3.8) is 0 Å². The van der Waals surface area contributed by atoms with Gasteiger partial charge in [-0.2, -0.15) is 0 Å². The summed E-state index contributed by atoms with van der Waals surface area (Å²) in [6.45, 7) is 2.53. The first kappa shape index (κ1) is 19.0. The lowest BCUT2D eigenvalue weighted by molar-refractivity contribution is 0.0857. The fraction of sp³-hybridized carbons (Fsp3) is 0.273. The van der Waals surface area contributed by atoms with Gasteiger partial charge in [-0.05, 0) is 50.1 Å².